The van der Waals surface area contributed by atoms with Crippen molar-refractivity contribution in [2.75, 3.05) is 6.26 Å². The van der Waals surface area contributed by atoms with Gasteiger partial charge in [-0.1, -0.05) is 24.3 Å². The van der Waals surface area contributed by atoms with Crippen molar-refractivity contribution < 1.29 is 4.79 Å². The zero-order chi connectivity index (χ0) is 20.4. The second kappa shape index (κ2) is 8.09. The molecule has 4 rings (SSSR count). The average Bonchev–Trinajstić information content (AvgIpc) is 2.75. The van der Waals surface area contributed by atoms with Crippen LogP contribution in [0.4, 0.5) is 0 Å². The van der Waals surface area contributed by atoms with Crippen LogP contribution in [0, 0.1) is 0 Å². The zero-order valence-corrected chi connectivity index (χ0v) is 17.1. The molecule has 6 heteroatoms. The van der Waals surface area contributed by atoms with Gasteiger partial charge in [-0.3, -0.25) is 14.6 Å². The number of ketones is 1. The SMILES string of the molecule is Bc1cccc(Cn2cc(C(=O)c3ccc(SC)cc3)c(=O)c3ccccc32)n1. The molecule has 2 aromatic carbocycles. The molecule has 0 aliphatic rings. The van der Waals surface area contributed by atoms with Crippen LogP contribution in [0.1, 0.15) is 21.6 Å². The van der Waals surface area contributed by atoms with Gasteiger partial charge in [-0.25, -0.2) is 0 Å². The lowest BCUT2D eigenvalue weighted by Crippen LogP contribution is -2.21. The molecule has 0 saturated carbocycles. The molecular weight excluding hydrogens is 379 g/mol. The Kier molecular flexibility index (Phi) is 5.36. The molecule has 0 unspecified atom stereocenters. The van der Waals surface area contributed by atoms with Gasteiger partial charge >= 0.3 is 0 Å². The first-order chi connectivity index (χ1) is 14.1. The predicted octanol–water partition coefficient (Wildman–Crippen LogP) is 2.66. The fourth-order valence-electron chi connectivity index (χ4n) is 3.40. The van der Waals surface area contributed by atoms with Gasteiger partial charge in [0, 0.05) is 22.0 Å². The fraction of sp³-hybridized carbons (Fsp3) is 0.0870. The Bertz CT molecular complexity index is 1270. The number of aromatic nitrogens is 2. The summed E-state index contributed by atoms with van der Waals surface area (Å²) in [6, 6.07) is 20.6. The summed E-state index contributed by atoms with van der Waals surface area (Å²) in [5, 5.41) is 0.534. The van der Waals surface area contributed by atoms with Crippen LogP contribution >= 0.6 is 11.8 Å². The number of thioether (sulfide) groups is 1. The van der Waals surface area contributed by atoms with Gasteiger partial charge in [0.25, 0.3) is 0 Å². The Morgan fingerprint density at radius 1 is 1.03 bits per heavy atom. The molecule has 0 saturated heterocycles. The molecule has 2 aromatic heterocycles. The molecule has 0 N–H and O–H groups in total. The van der Waals surface area contributed by atoms with E-state index in [1.54, 1.807) is 36.2 Å². The maximum absolute atomic E-state index is 13.1. The number of rotatable bonds is 5. The Balaban J connectivity index is 1.84. The lowest BCUT2D eigenvalue weighted by Gasteiger charge is -2.13. The first-order valence-corrected chi connectivity index (χ1v) is 10.5. The van der Waals surface area contributed by atoms with Gasteiger partial charge < -0.3 is 4.57 Å². The monoisotopic (exact) mass is 398 g/mol. The molecule has 0 aliphatic heterocycles. The van der Waals surface area contributed by atoms with Crippen molar-refractivity contribution in [1.29, 1.82) is 0 Å². The molecule has 0 aliphatic carbocycles. The summed E-state index contributed by atoms with van der Waals surface area (Å²) in [6.45, 7) is 0.480. The summed E-state index contributed by atoms with van der Waals surface area (Å²) in [6.07, 6.45) is 3.65. The molecule has 0 atom stereocenters. The maximum Gasteiger partial charge on any atom is 0.200 e. The van der Waals surface area contributed by atoms with E-state index in [0.717, 1.165) is 21.7 Å². The first kappa shape index (κ1) is 19.2. The van der Waals surface area contributed by atoms with Crippen molar-refractivity contribution in [2.45, 2.75) is 11.4 Å². The van der Waals surface area contributed by atoms with Crippen molar-refractivity contribution in [3.63, 3.8) is 0 Å². The van der Waals surface area contributed by atoms with Crippen molar-refractivity contribution in [1.82, 2.24) is 9.55 Å². The lowest BCUT2D eigenvalue weighted by molar-refractivity contribution is 0.103. The van der Waals surface area contributed by atoms with Gasteiger partial charge in [0.2, 0.25) is 5.43 Å². The minimum absolute atomic E-state index is 0.174. The van der Waals surface area contributed by atoms with Gasteiger partial charge in [0.1, 0.15) is 0 Å². The van der Waals surface area contributed by atoms with E-state index in [0.29, 0.717) is 17.5 Å². The number of fused-ring (bicyclic) bond motifs is 1. The molecule has 0 spiro atoms. The summed E-state index contributed by atoms with van der Waals surface area (Å²) >= 11 is 1.61. The van der Waals surface area contributed by atoms with Crippen molar-refractivity contribution in [3.05, 3.63) is 100.0 Å². The van der Waals surface area contributed by atoms with Crippen molar-refractivity contribution in [2.24, 2.45) is 0 Å². The van der Waals surface area contributed by atoms with E-state index in [1.165, 1.54) is 0 Å². The molecule has 29 heavy (non-hydrogen) atoms. The third kappa shape index (κ3) is 3.89. The van der Waals surface area contributed by atoms with Gasteiger partial charge in [-0.15, -0.1) is 11.8 Å². The lowest BCUT2D eigenvalue weighted by atomic mass is 10.0. The van der Waals surface area contributed by atoms with Gasteiger partial charge in [0.15, 0.2) is 13.6 Å². The second-order valence-corrected chi connectivity index (χ2v) is 7.72. The number of hydrogen-bond donors (Lipinski definition) is 0. The van der Waals surface area contributed by atoms with Crippen LogP contribution in [-0.2, 0) is 6.54 Å². The standard InChI is InChI=1S/C23H19BN2O2S/c1-29-17-11-9-15(10-12-17)22(27)19-14-26(13-16-5-4-8-21(24)25-16)20-7-3-2-6-18(20)23(19)28/h2-12,14H,13,24H2,1H3. The normalized spacial score (nSPS) is 10.9. The minimum atomic E-state index is -0.264. The van der Waals surface area contributed by atoms with E-state index in [2.05, 4.69) is 4.98 Å². The average molecular weight is 398 g/mol. The summed E-state index contributed by atoms with van der Waals surface area (Å²) in [5.74, 6) is -0.264. The molecule has 4 nitrogen and oxygen atoms in total. The highest BCUT2D eigenvalue weighted by Gasteiger charge is 2.17. The summed E-state index contributed by atoms with van der Waals surface area (Å²) in [5.41, 5.74) is 3.03. The van der Waals surface area contributed by atoms with E-state index in [9.17, 15) is 9.59 Å². The van der Waals surface area contributed by atoms with Gasteiger partial charge in [-0.05, 0) is 54.3 Å². The van der Waals surface area contributed by atoms with Crippen LogP contribution in [-0.4, -0.2) is 29.4 Å². The van der Waals surface area contributed by atoms with Crippen LogP contribution in [0.3, 0.4) is 0 Å². The van der Waals surface area contributed by atoms with Crippen LogP contribution in [0.15, 0.2) is 82.6 Å². The molecule has 4 aromatic rings. The largest absolute Gasteiger partial charge is 0.340 e. The summed E-state index contributed by atoms with van der Waals surface area (Å²) in [4.78, 5) is 31.8. The number of carbonyl (C=O) groups excluding carboxylic acids is 1. The minimum Gasteiger partial charge on any atom is -0.340 e. The van der Waals surface area contributed by atoms with Crippen LogP contribution < -0.4 is 11.0 Å². The van der Waals surface area contributed by atoms with E-state index < -0.39 is 0 Å². The predicted molar refractivity (Wildman–Crippen MR) is 121 cm³/mol. The second-order valence-electron chi connectivity index (χ2n) is 6.84. The van der Waals surface area contributed by atoms with Crippen molar-refractivity contribution in [3.8, 4) is 0 Å². The summed E-state index contributed by atoms with van der Waals surface area (Å²) < 4.78 is 1.93. The van der Waals surface area contributed by atoms with Crippen LogP contribution in [0.25, 0.3) is 10.9 Å². The van der Waals surface area contributed by atoms with Crippen LogP contribution in [0.2, 0.25) is 0 Å². The summed E-state index contributed by atoms with van der Waals surface area (Å²) in [7, 11) is 1.94. The number of pyridine rings is 2. The number of para-hydroxylation sites is 1. The highest BCUT2D eigenvalue weighted by atomic mass is 32.2. The fourth-order valence-corrected chi connectivity index (χ4v) is 3.81. The Labute approximate surface area is 174 Å². The van der Waals surface area contributed by atoms with Crippen LogP contribution in [0.5, 0.6) is 0 Å². The Hall–Kier alpha value is -3.12. The van der Waals surface area contributed by atoms with E-state index >= 15 is 0 Å². The Morgan fingerprint density at radius 2 is 1.79 bits per heavy atom. The smallest absolute Gasteiger partial charge is 0.200 e. The third-order valence-corrected chi connectivity index (χ3v) is 5.61. The first-order valence-electron chi connectivity index (χ1n) is 9.30. The molecular formula is C23H19BN2O2S. The van der Waals surface area contributed by atoms with E-state index in [1.807, 2.05) is 67.2 Å². The Morgan fingerprint density at radius 3 is 2.52 bits per heavy atom. The molecule has 0 amide bonds. The number of hydrogen-bond acceptors (Lipinski definition) is 4. The zero-order valence-electron chi connectivity index (χ0n) is 16.3. The number of benzene rings is 2. The third-order valence-electron chi connectivity index (χ3n) is 4.86. The number of carbonyl (C=O) groups is 1. The van der Waals surface area contributed by atoms with Gasteiger partial charge in [-0.2, -0.15) is 0 Å². The maximum atomic E-state index is 13.1. The van der Waals surface area contributed by atoms with E-state index in [-0.39, 0.29) is 16.8 Å². The van der Waals surface area contributed by atoms with E-state index in [4.69, 9.17) is 0 Å². The molecule has 0 fully saturated rings. The topological polar surface area (TPSA) is 52.0 Å². The van der Waals surface area contributed by atoms with Crippen molar-refractivity contribution >= 4 is 41.9 Å². The highest BCUT2D eigenvalue weighted by Crippen LogP contribution is 2.18. The highest BCUT2D eigenvalue weighted by molar-refractivity contribution is 7.98. The van der Waals surface area contributed by atoms with Gasteiger partial charge in [0.05, 0.1) is 23.3 Å². The molecule has 0 bridgehead atoms. The number of nitrogens with zero attached hydrogens (tertiary/aromatic N) is 2. The quantitative estimate of drug-likeness (QED) is 0.295. The molecule has 2 heterocycles. The molecule has 142 valence electrons. The molecule has 0 radical (unpaired) electrons.